The lowest BCUT2D eigenvalue weighted by Gasteiger charge is -2.36. The van der Waals surface area contributed by atoms with Crippen molar-refractivity contribution in [2.75, 3.05) is 37.7 Å². The highest BCUT2D eigenvalue weighted by molar-refractivity contribution is 5.76. The minimum atomic E-state index is -4.24. The first-order valence-electron chi connectivity index (χ1n) is 10.1. The zero-order valence-electron chi connectivity index (χ0n) is 16.7. The second kappa shape index (κ2) is 9.37. The Kier molecular flexibility index (Phi) is 6.87. The van der Waals surface area contributed by atoms with Crippen LogP contribution >= 0.6 is 0 Å². The van der Waals surface area contributed by atoms with Gasteiger partial charge in [0.25, 0.3) is 0 Å². The van der Waals surface area contributed by atoms with E-state index in [4.69, 9.17) is 4.74 Å². The monoisotopic (exact) mass is 408 g/mol. The Hall–Kier alpha value is -2.44. The summed E-state index contributed by atoms with van der Waals surface area (Å²) in [6, 6.07) is 7.72. The first kappa shape index (κ1) is 21.3. The van der Waals surface area contributed by atoms with Crippen LogP contribution in [-0.2, 0) is 4.79 Å². The van der Waals surface area contributed by atoms with Crippen LogP contribution in [0.25, 0.3) is 0 Å². The van der Waals surface area contributed by atoms with Gasteiger partial charge < -0.3 is 14.5 Å². The maximum atomic E-state index is 12.7. The van der Waals surface area contributed by atoms with Gasteiger partial charge in [0, 0.05) is 43.9 Å². The van der Waals surface area contributed by atoms with Gasteiger partial charge in [0.05, 0.1) is 0 Å². The zero-order chi connectivity index (χ0) is 20.9. The molecule has 1 aliphatic carbocycles. The van der Waals surface area contributed by atoms with Gasteiger partial charge in [-0.25, -0.2) is 0 Å². The molecule has 1 aliphatic heterocycles. The Morgan fingerprint density at radius 3 is 2.28 bits per heavy atom. The van der Waals surface area contributed by atoms with Gasteiger partial charge in [-0.05, 0) is 49.1 Å². The highest BCUT2D eigenvalue weighted by atomic mass is 19.4. The van der Waals surface area contributed by atoms with E-state index < -0.39 is 11.7 Å². The Morgan fingerprint density at radius 1 is 1.03 bits per heavy atom. The Labute approximate surface area is 169 Å². The number of ether oxygens (including phenoxy) is 1. The average Bonchev–Trinajstić information content (AvgIpc) is 2.73. The van der Waals surface area contributed by atoms with Crippen LogP contribution in [0.15, 0.2) is 47.6 Å². The van der Waals surface area contributed by atoms with Crippen molar-refractivity contribution in [1.82, 2.24) is 4.90 Å². The molecule has 1 fully saturated rings. The first-order chi connectivity index (χ1) is 13.9. The number of halogens is 3. The fourth-order valence-electron chi connectivity index (χ4n) is 3.55. The molecule has 1 amide bonds. The van der Waals surface area contributed by atoms with Crippen molar-refractivity contribution >= 4 is 11.6 Å². The van der Waals surface area contributed by atoms with Crippen molar-refractivity contribution in [3.8, 4) is 5.75 Å². The first-order valence-corrected chi connectivity index (χ1v) is 10.1. The van der Waals surface area contributed by atoms with E-state index in [0.717, 1.165) is 49.9 Å². The molecule has 1 aromatic carbocycles. The second-order valence-electron chi connectivity index (χ2n) is 7.41. The summed E-state index contributed by atoms with van der Waals surface area (Å²) >= 11 is 0. The van der Waals surface area contributed by atoms with E-state index in [1.165, 1.54) is 6.08 Å². The maximum Gasteiger partial charge on any atom is 0.412 e. The normalized spacial score (nSPS) is 17.7. The zero-order valence-corrected chi connectivity index (χ0v) is 16.7. The Bertz CT molecular complexity index is 761. The van der Waals surface area contributed by atoms with E-state index in [0.29, 0.717) is 25.2 Å². The van der Waals surface area contributed by atoms with Crippen LogP contribution in [0.4, 0.5) is 18.9 Å². The number of alkyl halides is 3. The van der Waals surface area contributed by atoms with Crippen molar-refractivity contribution < 1.29 is 22.7 Å². The molecular weight excluding hydrogens is 381 g/mol. The number of benzene rings is 1. The lowest BCUT2D eigenvalue weighted by atomic mass is 9.98. The largest absolute Gasteiger partial charge is 0.489 e. The Balaban J connectivity index is 1.48. The number of rotatable bonds is 6. The van der Waals surface area contributed by atoms with Gasteiger partial charge in [-0.3, -0.25) is 4.79 Å². The van der Waals surface area contributed by atoms with Gasteiger partial charge in [-0.1, -0.05) is 19.1 Å². The predicted octanol–water partition coefficient (Wildman–Crippen LogP) is 4.72. The topological polar surface area (TPSA) is 32.8 Å². The maximum absolute atomic E-state index is 12.7. The molecule has 0 spiro atoms. The molecule has 7 heteroatoms. The van der Waals surface area contributed by atoms with E-state index in [2.05, 4.69) is 4.90 Å². The van der Waals surface area contributed by atoms with E-state index in [1.54, 1.807) is 0 Å². The summed E-state index contributed by atoms with van der Waals surface area (Å²) in [5.74, 6) is 0.919. The molecule has 0 unspecified atom stereocenters. The fourth-order valence-corrected chi connectivity index (χ4v) is 3.55. The molecule has 3 rings (SSSR count). The summed E-state index contributed by atoms with van der Waals surface area (Å²) in [4.78, 5) is 16.1. The predicted molar refractivity (Wildman–Crippen MR) is 107 cm³/mol. The van der Waals surface area contributed by atoms with Gasteiger partial charge >= 0.3 is 6.18 Å². The molecule has 4 nitrogen and oxygen atoms in total. The number of allylic oxidation sites excluding steroid dienone is 3. The van der Waals surface area contributed by atoms with Crippen molar-refractivity contribution in [2.24, 2.45) is 0 Å². The van der Waals surface area contributed by atoms with Gasteiger partial charge in [0.15, 0.2) is 0 Å². The number of piperazine rings is 1. The lowest BCUT2D eigenvalue weighted by Crippen LogP contribution is -2.48. The SMILES string of the molecule is CCCC(=O)N1CCN(c2ccc(OCC3=CC=C(C(F)(F)F)CC3)cc2)CC1. The quantitative estimate of drug-likeness (QED) is 0.683. The number of hydrogen-bond donors (Lipinski definition) is 0. The van der Waals surface area contributed by atoms with E-state index in [-0.39, 0.29) is 12.3 Å². The third kappa shape index (κ3) is 5.78. The molecule has 0 atom stereocenters. The van der Waals surface area contributed by atoms with E-state index in [9.17, 15) is 18.0 Å². The Morgan fingerprint density at radius 2 is 1.72 bits per heavy atom. The molecule has 0 radical (unpaired) electrons. The van der Waals surface area contributed by atoms with Crippen molar-refractivity contribution in [1.29, 1.82) is 0 Å². The van der Waals surface area contributed by atoms with Crippen molar-refractivity contribution in [2.45, 2.75) is 38.8 Å². The summed E-state index contributed by atoms with van der Waals surface area (Å²) in [6.45, 7) is 5.38. The van der Waals surface area contributed by atoms with Crippen molar-refractivity contribution in [3.63, 3.8) is 0 Å². The summed E-state index contributed by atoms with van der Waals surface area (Å²) in [5, 5.41) is 0. The third-order valence-corrected chi connectivity index (χ3v) is 5.32. The molecule has 1 saturated heterocycles. The summed E-state index contributed by atoms with van der Waals surface area (Å²) in [5.41, 5.74) is 1.45. The van der Waals surface area contributed by atoms with Crippen LogP contribution in [0, 0.1) is 0 Å². The molecule has 0 N–H and O–H groups in total. The third-order valence-electron chi connectivity index (χ3n) is 5.32. The van der Waals surface area contributed by atoms with Gasteiger partial charge in [0.1, 0.15) is 12.4 Å². The van der Waals surface area contributed by atoms with Crippen LogP contribution in [0.3, 0.4) is 0 Å². The number of nitrogens with zero attached hydrogens (tertiary/aromatic N) is 2. The highest BCUT2D eigenvalue weighted by Crippen LogP contribution is 2.33. The molecule has 0 aromatic heterocycles. The number of amides is 1. The molecule has 158 valence electrons. The molecule has 2 aliphatic rings. The summed E-state index contributed by atoms with van der Waals surface area (Å²) in [7, 11) is 0. The molecule has 1 heterocycles. The standard InChI is InChI=1S/C22H27F3N2O2/c1-2-3-21(28)27-14-12-26(13-15-27)19-8-10-20(11-9-19)29-16-17-4-6-18(7-5-17)22(23,24)25/h4,6,8-11H,2-3,5,7,12-16H2,1H3. The van der Waals surface area contributed by atoms with Crippen LogP contribution in [-0.4, -0.2) is 49.8 Å². The van der Waals surface area contributed by atoms with Crippen molar-refractivity contribution in [3.05, 3.63) is 47.6 Å². The van der Waals surface area contributed by atoms with Crippen LogP contribution < -0.4 is 9.64 Å². The minimum absolute atomic E-state index is 0.00433. The number of carbonyl (C=O) groups excluding carboxylic acids is 1. The van der Waals surface area contributed by atoms with Gasteiger partial charge in [0.2, 0.25) is 5.91 Å². The summed E-state index contributed by atoms with van der Waals surface area (Å²) in [6.07, 6.45) is 0.269. The van der Waals surface area contributed by atoms with Gasteiger partial charge in [-0.15, -0.1) is 0 Å². The minimum Gasteiger partial charge on any atom is -0.489 e. The average molecular weight is 408 g/mol. The number of hydrogen-bond acceptors (Lipinski definition) is 3. The van der Waals surface area contributed by atoms with Crippen LogP contribution in [0.2, 0.25) is 0 Å². The number of anilines is 1. The highest BCUT2D eigenvalue weighted by Gasteiger charge is 2.33. The lowest BCUT2D eigenvalue weighted by molar-refractivity contribution is -0.131. The van der Waals surface area contributed by atoms with Crippen LogP contribution in [0.1, 0.15) is 32.6 Å². The molecule has 29 heavy (non-hydrogen) atoms. The van der Waals surface area contributed by atoms with Crippen LogP contribution in [0.5, 0.6) is 5.75 Å². The fraction of sp³-hybridized carbons (Fsp3) is 0.500. The molecule has 0 saturated carbocycles. The second-order valence-corrected chi connectivity index (χ2v) is 7.41. The van der Waals surface area contributed by atoms with Gasteiger partial charge in [-0.2, -0.15) is 13.2 Å². The molecule has 1 aromatic rings. The number of carbonyl (C=O) groups is 1. The van der Waals surface area contributed by atoms with E-state index in [1.807, 2.05) is 36.1 Å². The smallest absolute Gasteiger partial charge is 0.412 e. The molecule has 0 bridgehead atoms. The molecular formula is C22H27F3N2O2. The van der Waals surface area contributed by atoms with E-state index >= 15 is 0 Å². The summed E-state index contributed by atoms with van der Waals surface area (Å²) < 4.78 is 43.7.